The number of nitrogens with two attached hydrogens (primary N) is 1. The van der Waals surface area contributed by atoms with Gasteiger partial charge < -0.3 is 20.9 Å². The maximum Gasteiger partial charge on any atom is 0.320 e. The Balaban J connectivity index is 4.14. The van der Waals surface area contributed by atoms with Gasteiger partial charge in [0, 0.05) is 18.6 Å². The fraction of sp³-hybridized carbons (Fsp3) is 0.636. The van der Waals surface area contributed by atoms with Gasteiger partial charge in [0.05, 0.1) is 12.6 Å². The topological polar surface area (TPSA) is 136 Å². The highest BCUT2D eigenvalue weighted by molar-refractivity contribution is 7.80. The van der Waals surface area contributed by atoms with Gasteiger partial charge in [-0.1, -0.05) is 0 Å². The Bertz CT molecular complexity index is 363. The van der Waals surface area contributed by atoms with Gasteiger partial charge in [-0.25, -0.2) is 0 Å². The van der Waals surface area contributed by atoms with Crippen LogP contribution in [0.2, 0.25) is 0 Å². The first-order valence-electron chi connectivity index (χ1n) is 5.89. The fourth-order valence-electron chi connectivity index (χ4n) is 1.29. The second-order valence-corrected chi connectivity index (χ2v) is 4.33. The molecule has 2 unspecified atom stereocenters. The van der Waals surface area contributed by atoms with E-state index in [9.17, 15) is 19.2 Å². The summed E-state index contributed by atoms with van der Waals surface area (Å²) in [6.07, 6.45) is -0.155. The molecule has 0 aromatic heterocycles. The Labute approximate surface area is 121 Å². The van der Waals surface area contributed by atoms with Crippen molar-refractivity contribution in [3.05, 3.63) is 0 Å². The predicted octanol–water partition coefficient (Wildman–Crippen LogP) is -1.27. The third-order valence-corrected chi connectivity index (χ3v) is 2.81. The van der Waals surface area contributed by atoms with Gasteiger partial charge in [-0.2, -0.15) is 12.6 Å². The average Bonchev–Trinajstić information content (AvgIpc) is 2.41. The zero-order chi connectivity index (χ0) is 15.5. The number of nitrogens with one attached hydrogen (secondary N) is 1. The van der Waals surface area contributed by atoms with Crippen LogP contribution in [0.4, 0.5) is 0 Å². The Hall–Kier alpha value is -1.61. The standard InChI is InChI=1S/C11H18N2O6S/c12-7(11(17)18)1-2-10(16)13-8(5-20)9(15)3-4-19-6-14/h6-8,20H,1-5,12H2,(H,13,16)(H,17,18). The molecule has 9 heteroatoms. The van der Waals surface area contributed by atoms with Crippen molar-refractivity contribution in [2.45, 2.75) is 31.3 Å². The van der Waals surface area contributed by atoms with E-state index in [1.54, 1.807) is 0 Å². The molecule has 2 atom stereocenters. The van der Waals surface area contributed by atoms with Crippen LogP contribution in [-0.4, -0.2) is 53.7 Å². The fourth-order valence-corrected chi connectivity index (χ4v) is 1.58. The SMILES string of the molecule is NC(CCC(=O)NC(CS)C(=O)CCOC=O)C(=O)O. The van der Waals surface area contributed by atoms with E-state index in [1.165, 1.54) is 0 Å². The van der Waals surface area contributed by atoms with Gasteiger partial charge in [0.15, 0.2) is 5.78 Å². The monoisotopic (exact) mass is 306 g/mol. The third-order valence-electron chi connectivity index (χ3n) is 2.44. The van der Waals surface area contributed by atoms with Crippen LogP contribution in [0.5, 0.6) is 0 Å². The molecule has 8 nitrogen and oxygen atoms in total. The Morgan fingerprint density at radius 3 is 2.50 bits per heavy atom. The molecule has 0 bridgehead atoms. The lowest BCUT2D eigenvalue weighted by Crippen LogP contribution is -2.43. The summed E-state index contributed by atoms with van der Waals surface area (Å²) >= 11 is 3.95. The summed E-state index contributed by atoms with van der Waals surface area (Å²) in [6.45, 7) is 0.168. The van der Waals surface area contributed by atoms with Crippen molar-refractivity contribution < 1.29 is 29.0 Å². The van der Waals surface area contributed by atoms with Crippen molar-refractivity contribution in [3.8, 4) is 0 Å². The molecule has 0 aromatic rings. The second-order valence-electron chi connectivity index (χ2n) is 3.97. The van der Waals surface area contributed by atoms with Crippen LogP contribution < -0.4 is 11.1 Å². The maximum atomic E-state index is 11.7. The summed E-state index contributed by atoms with van der Waals surface area (Å²) in [7, 11) is 0. The van der Waals surface area contributed by atoms with E-state index in [-0.39, 0.29) is 43.9 Å². The van der Waals surface area contributed by atoms with Crippen LogP contribution in [-0.2, 0) is 23.9 Å². The number of carboxylic acids is 1. The molecule has 0 aliphatic carbocycles. The van der Waals surface area contributed by atoms with Crippen LogP contribution >= 0.6 is 12.6 Å². The number of ether oxygens (including phenoxy) is 1. The summed E-state index contributed by atoms with van der Waals surface area (Å²) in [5.41, 5.74) is 5.26. The number of rotatable bonds is 11. The van der Waals surface area contributed by atoms with Crippen LogP contribution in [0, 0.1) is 0 Å². The van der Waals surface area contributed by atoms with E-state index in [0.717, 1.165) is 0 Å². The minimum atomic E-state index is -1.19. The molecule has 0 heterocycles. The zero-order valence-corrected chi connectivity index (χ0v) is 11.7. The lowest BCUT2D eigenvalue weighted by molar-refractivity contribution is -0.139. The molecule has 0 spiro atoms. The van der Waals surface area contributed by atoms with Gasteiger partial charge >= 0.3 is 5.97 Å². The van der Waals surface area contributed by atoms with E-state index in [0.29, 0.717) is 0 Å². The highest BCUT2D eigenvalue weighted by atomic mass is 32.1. The molecule has 0 aromatic carbocycles. The quantitative estimate of drug-likeness (QED) is 0.212. The van der Waals surface area contributed by atoms with Crippen molar-refractivity contribution in [1.29, 1.82) is 0 Å². The van der Waals surface area contributed by atoms with Crippen molar-refractivity contribution in [2.24, 2.45) is 5.73 Å². The second kappa shape index (κ2) is 10.2. The third kappa shape index (κ3) is 7.74. The number of hydrogen-bond acceptors (Lipinski definition) is 7. The van der Waals surface area contributed by atoms with E-state index in [4.69, 9.17) is 10.8 Å². The molecule has 0 aliphatic rings. The molecule has 0 saturated heterocycles. The molecular weight excluding hydrogens is 288 g/mol. The Morgan fingerprint density at radius 1 is 1.35 bits per heavy atom. The molecule has 114 valence electrons. The number of amides is 1. The first-order valence-corrected chi connectivity index (χ1v) is 6.52. The van der Waals surface area contributed by atoms with Crippen LogP contribution in [0.15, 0.2) is 0 Å². The molecular formula is C11H18N2O6S. The first-order chi connectivity index (χ1) is 9.42. The number of aliphatic carboxylic acids is 1. The van der Waals surface area contributed by atoms with E-state index < -0.39 is 24.0 Å². The summed E-state index contributed by atoms with van der Waals surface area (Å²) in [4.78, 5) is 43.6. The number of Topliss-reactive ketones (excluding diaryl/α,β-unsaturated/α-hetero) is 1. The van der Waals surface area contributed by atoms with E-state index >= 15 is 0 Å². The Kier molecular flexibility index (Phi) is 9.39. The van der Waals surface area contributed by atoms with Gasteiger partial charge in [-0.05, 0) is 6.42 Å². The minimum absolute atomic E-state index is 0.0249. The van der Waals surface area contributed by atoms with Crippen molar-refractivity contribution in [3.63, 3.8) is 0 Å². The summed E-state index contributed by atoms with van der Waals surface area (Å²) in [5.74, 6) is -1.90. The molecule has 0 rings (SSSR count). The summed E-state index contributed by atoms with van der Waals surface area (Å²) < 4.78 is 4.39. The van der Waals surface area contributed by atoms with Gasteiger partial charge in [0.2, 0.25) is 5.91 Å². The molecule has 0 fully saturated rings. The molecule has 20 heavy (non-hydrogen) atoms. The Morgan fingerprint density at radius 2 is 2.00 bits per heavy atom. The van der Waals surface area contributed by atoms with Gasteiger partial charge in [-0.3, -0.25) is 19.2 Å². The van der Waals surface area contributed by atoms with Gasteiger partial charge in [-0.15, -0.1) is 0 Å². The number of carbonyl (C=O) groups excluding carboxylic acids is 3. The van der Waals surface area contributed by atoms with Gasteiger partial charge in [0.25, 0.3) is 6.47 Å². The summed E-state index contributed by atoms with van der Waals surface area (Å²) in [6, 6.07) is -1.92. The van der Waals surface area contributed by atoms with Crippen molar-refractivity contribution in [1.82, 2.24) is 5.32 Å². The zero-order valence-electron chi connectivity index (χ0n) is 10.8. The highest BCUT2D eigenvalue weighted by Gasteiger charge is 2.20. The molecule has 0 saturated carbocycles. The number of thiol groups is 1. The molecule has 0 radical (unpaired) electrons. The maximum absolute atomic E-state index is 11.7. The smallest absolute Gasteiger partial charge is 0.320 e. The lowest BCUT2D eigenvalue weighted by atomic mass is 10.1. The highest BCUT2D eigenvalue weighted by Crippen LogP contribution is 2.00. The number of hydrogen-bond donors (Lipinski definition) is 4. The van der Waals surface area contributed by atoms with Crippen LogP contribution in [0.25, 0.3) is 0 Å². The van der Waals surface area contributed by atoms with Crippen molar-refractivity contribution >= 4 is 36.8 Å². The lowest BCUT2D eigenvalue weighted by Gasteiger charge is -2.15. The van der Waals surface area contributed by atoms with E-state index in [2.05, 4.69) is 22.7 Å². The molecule has 0 aliphatic heterocycles. The predicted molar refractivity (Wildman–Crippen MR) is 72.3 cm³/mol. The molecule has 1 amide bonds. The molecule has 4 N–H and O–H groups in total. The first kappa shape index (κ1) is 18.4. The number of ketones is 1. The number of carbonyl (C=O) groups is 4. The van der Waals surface area contributed by atoms with E-state index in [1.807, 2.05) is 0 Å². The minimum Gasteiger partial charge on any atom is -0.480 e. The summed E-state index contributed by atoms with van der Waals surface area (Å²) in [5, 5.41) is 11.0. The largest absolute Gasteiger partial charge is 0.480 e. The number of carboxylic acid groups (broad SMARTS) is 1. The van der Waals surface area contributed by atoms with Crippen molar-refractivity contribution in [2.75, 3.05) is 12.4 Å². The average molecular weight is 306 g/mol. The van der Waals surface area contributed by atoms with Crippen LogP contribution in [0.3, 0.4) is 0 Å². The van der Waals surface area contributed by atoms with Gasteiger partial charge in [0.1, 0.15) is 6.04 Å². The normalized spacial score (nSPS) is 13.1. The van der Waals surface area contributed by atoms with Crippen LogP contribution in [0.1, 0.15) is 19.3 Å².